The minimum Gasteiger partial charge on any atom is -0.480 e. The first-order valence-electron chi connectivity index (χ1n) is 8.50. The van der Waals surface area contributed by atoms with Crippen LogP contribution in [0.4, 0.5) is 5.69 Å². The summed E-state index contributed by atoms with van der Waals surface area (Å²) >= 11 is 6.08. The van der Waals surface area contributed by atoms with Gasteiger partial charge in [0.2, 0.25) is 5.91 Å². The molecule has 130 valence electrons. The molecular formula is C18H23ClN2O3. The minimum absolute atomic E-state index is 0.115. The third kappa shape index (κ3) is 3.57. The Bertz CT molecular complexity index is 649. The molecule has 2 N–H and O–H groups in total. The summed E-state index contributed by atoms with van der Waals surface area (Å²) in [6, 6.07) is 5.04. The second-order valence-corrected chi connectivity index (χ2v) is 7.29. The van der Waals surface area contributed by atoms with Gasteiger partial charge in [0.25, 0.3) is 0 Å². The number of nitrogens with one attached hydrogen (secondary N) is 1. The third-order valence-corrected chi connectivity index (χ3v) is 5.70. The van der Waals surface area contributed by atoms with Crippen molar-refractivity contribution in [3.63, 3.8) is 0 Å². The number of hydrogen-bond acceptors (Lipinski definition) is 3. The van der Waals surface area contributed by atoms with Crippen molar-refractivity contribution in [2.24, 2.45) is 5.92 Å². The van der Waals surface area contributed by atoms with Crippen LogP contribution in [-0.2, 0) is 9.59 Å². The van der Waals surface area contributed by atoms with Gasteiger partial charge in [0.1, 0.15) is 6.04 Å². The third-order valence-electron chi connectivity index (χ3n) is 5.29. The van der Waals surface area contributed by atoms with Crippen LogP contribution < -0.4 is 5.32 Å². The maximum atomic E-state index is 12.4. The quantitative estimate of drug-likeness (QED) is 0.874. The molecule has 0 spiro atoms. The number of benzene rings is 1. The first kappa shape index (κ1) is 17.2. The van der Waals surface area contributed by atoms with Crippen molar-refractivity contribution in [3.05, 3.63) is 28.8 Å². The van der Waals surface area contributed by atoms with Crippen LogP contribution in [0.2, 0.25) is 5.02 Å². The smallest absolute Gasteiger partial charge is 0.320 e. The Labute approximate surface area is 147 Å². The highest BCUT2D eigenvalue weighted by molar-refractivity contribution is 6.31. The number of anilines is 1. The summed E-state index contributed by atoms with van der Waals surface area (Å²) in [5.74, 6) is -0.607. The molecule has 1 heterocycles. The number of likely N-dealkylation sites (tertiary alicyclic amines) is 1. The van der Waals surface area contributed by atoms with Gasteiger partial charge in [0.05, 0.1) is 6.54 Å². The summed E-state index contributed by atoms with van der Waals surface area (Å²) in [5, 5.41) is 12.9. The zero-order valence-electron chi connectivity index (χ0n) is 13.8. The number of aliphatic carboxylic acids is 1. The SMILES string of the molecule is Cc1ccc(NC(=O)CN2C(C(=O)O)CC3CCCCC32)cc1Cl. The minimum atomic E-state index is -0.824. The van der Waals surface area contributed by atoms with Gasteiger partial charge in [-0.1, -0.05) is 30.5 Å². The number of carbonyl (C=O) groups is 2. The molecule has 1 amide bonds. The van der Waals surface area contributed by atoms with Gasteiger partial charge in [-0.3, -0.25) is 14.5 Å². The number of aryl methyl sites for hydroxylation is 1. The summed E-state index contributed by atoms with van der Waals surface area (Å²) in [6.07, 6.45) is 4.98. The Balaban J connectivity index is 1.69. The molecule has 24 heavy (non-hydrogen) atoms. The number of halogens is 1. The predicted molar refractivity (Wildman–Crippen MR) is 93.3 cm³/mol. The fourth-order valence-electron chi connectivity index (χ4n) is 4.06. The fourth-order valence-corrected chi connectivity index (χ4v) is 4.24. The van der Waals surface area contributed by atoms with Crippen molar-refractivity contribution in [1.82, 2.24) is 4.90 Å². The van der Waals surface area contributed by atoms with E-state index >= 15 is 0 Å². The van der Waals surface area contributed by atoms with Crippen molar-refractivity contribution >= 4 is 29.2 Å². The summed E-state index contributed by atoms with van der Waals surface area (Å²) in [5.41, 5.74) is 1.59. The molecule has 1 saturated carbocycles. The Morgan fingerprint density at radius 2 is 2.08 bits per heavy atom. The number of amides is 1. The number of carboxylic acids is 1. The van der Waals surface area contributed by atoms with E-state index in [1.165, 1.54) is 0 Å². The Hall–Kier alpha value is -1.59. The lowest BCUT2D eigenvalue weighted by molar-refractivity contribution is -0.143. The molecule has 1 aromatic carbocycles. The topological polar surface area (TPSA) is 69.6 Å². The molecule has 6 heteroatoms. The molecule has 0 radical (unpaired) electrons. The molecule has 1 aliphatic heterocycles. The molecule has 0 bridgehead atoms. The van der Waals surface area contributed by atoms with Gasteiger partial charge in [-0.05, 0) is 49.8 Å². The van der Waals surface area contributed by atoms with Crippen LogP contribution in [0.25, 0.3) is 0 Å². The van der Waals surface area contributed by atoms with Gasteiger partial charge in [-0.15, -0.1) is 0 Å². The summed E-state index contributed by atoms with van der Waals surface area (Å²) < 4.78 is 0. The first-order chi connectivity index (χ1) is 11.5. The van der Waals surface area contributed by atoms with E-state index in [1.807, 2.05) is 17.9 Å². The van der Waals surface area contributed by atoms with Crippen LogP contribution in [-0.4, -0.2) is 40.5 Å². The van der Waals surface area contributed by atoms with E-state index < -0.39 is 12.0 Å². The van der Waals surface area contributed by atoms with Crippen LogP contribution in [0.1, 0.15) is 37.7 Å². The van der Waals surface area contributed by atoms with E-state index in [1.54, 1.807) is 12.1 Å². The van der Waals surface area contributed by atoms with Gasteiger partial charge in [0.15, 0.2) is 0 Å². The molecule has 3 atom stereocenters. The van der Waals surface area contributed by atoms with Crippen molar-refractivity contribution < 1.29 is 14.7 Å². The van der Waals surface area contributed by atoms with E-state index in [2.05, 4.69) is 5.32 Å². The van der Waals surface area contributed by atoms with Gasteiger partial charge >= 0.3 is 5.97 Å². The molecule has 2 fully saturated rings. The standard InChI is InChI=1S/C18H23ClN2O3/c1-11-6-7-13(9-14(11)19)20-17(22)10-21-15-5-3-2-4-12(15)8-16(21)18(23)24/h6-7,9,12,15-16H,2-5,8,10H2,1H3,(H,20,22)(H,23,24). The molecule has 1 saturated heterocycles. The van der Waals surface area contributed by atoms with Gasteiger partial charge in [0, 0.05) is 16.8 Å². The van der Waals surface area contributed by atoms with Crippen LogP contribution in [0.3, 0.4) is 0 Å². The fraction of sp³-hybridized carbons (Fsp3) is 0.556. The van der Waals surface area contributed by atoms with Crippen LogP contribution in [0.15, 0.2) is 18.2 Å². The van der Waals surface area contributed by atoms with Crippen LogP contribution >= 0.6 is 11.6 Å². The number of rotatable bonds is 4. The van der Waals surface area contributed by atoms with Gasteiger partial charge in [-0.2, -0.15) is 0 Å². The Kier molecular flexibility index (Phi) is 5.11. The number of fused-ring (bicyclic) bond motifs is 1. The zero-order chi connectivity index (χ0) is 17.3. The van der Waals surface area contributed by atoms with Crippen molar-refractivity contribution in [3.8, 4) is 0 Å². The number of nitrogens with zero attached hydrogens (tertiary/aromatic N) is 1. The largest absolute Gasteiger partial charge is 0.480 e. The summed E-state index contributed by atoms with van der Waals surface area (Å²) in [4.78, 5) is 25.9. The zero-order valence-corrected chi connectivity index (χ0v) is 14.6. The van der Waals surface area contributed by atoms with Crippen molar-refractivity contribution in [2.75, 3.05) is 11.9 Å². The molecule has 0 aromatic heterocycles. The number of hydrogen-bond donors (Lipinski definition) is 2. The second kappa shape index (κ2) is 7.11. The van der Waals surface area contributed by atoms with Gasteiger partial charge < -0.3 is 10.4 Å². The molecule has 5 nitrogen and oxygen atoms in total. The first-order valence-corrected chi connectivity index (χ1v) is 8.88. The van der Waals surface area contributed by atoms with E-state index in [4.69, 9.17) is 11.6 Å². The van der Waals surface area contributed by atoms with Crippen molar-refractivity contribution in [2.45, 2.75) is 51.1 Å². The average molecular weight is 351 g/mol. The average Bonchev–Trinajstić information content (AvgIpc) is 2.90. The normalized spacial score (nSPS) is 26.8. The maximum absolute atomic E-state index is 12.4. The molecular weight excluding hydrogens is 328 g/mol. The second-order valence-electron chi connectivity index (χ2n) is 6.89. The lowest BCUT2D eigenvalue weighted by Crippen LogP contribution is -2.46. The maximum Gasteiger partial charge on any atom is 0.320 e. The highest BCUT2D eigenvalue weighted by atomic mass is 35.5. The predicted octanol–water partition coefficient (Wildman–Crippen LogP) is 3.30. The number of carbonyl (C=O) groups excluding carboxylic acids is 1. The lowest BCUT2D eigenvalue weighted by Gasteiger charge is -2.32. The van der Waals surface area contributed by atoms with E-state index in [0.29, 0.717) is 23.0 Å². The van der Waals surface area contributed by atoms with E-state index in [9.17, 15) is 14.7 Å². The summed E-state index contributed by atoms with van der Waals surface area (Å²) in [6.45, 7) is 2.02. The van der Waals surface area contributed by atoms with E-state index in [-0.39, 0.29) is 18.5 Å². The highest BCUT2D eigenvalue weighted by Gasteiger charge is 2.45. The lowest BCUT2D eigenvalue weighted by atomic mass is 9.85. The van der Waals surface area contributed by atoms with E-state index in [0.717, 1.165) is 31.2 Å². The molecule has 3 unspecified atom stereocenters. The monoisotopic (exact) mass is 350 g/mol. The number of carboxylic acid groups (broad SMARTS) is 1. The van der Waals surface area contributed by atoms with Crippen LogP contribution in [0, 0.1) is 12.8 Å². The molecule has 1 aliphatic carbocycles. The Morgan fingerprint density at radius 3 is 2.79 bits per heavy atom. The van der Waals surface area contributed by atoms with Crippen LogP contribution in [0.5, 0.6) is 0 Å². The molecule has 1 aromatic rings. The highest BCUT2D eigenvalue weighted by Crippen LogP contribution is 2.39. The molecule has 2 aliphatic rings. The summed E-state index contributed by atoms with van der Waals surface area (Å²) in [7, 11) is 0. The Morgan fingerprint density at radius 1 is 1.33 bits per heavy atom. The van der Waals surface area contributed by atoms with Gasteiger partial charge in [-0.25, -0.2) is 0 Å². The molecule has 3 rings (SSSR count). The van der Waals surface area contributed by atoms with Crippen molar-refractivity contribution in [1.29, 1.82) is 0 Å².